The lowest BCUT2D eigenvalue weighted by Crippen LogP contribution is -2.28. The van der Waals surface area contributed by atoms with Gasteiger partial charge in [0.15, 0.2) is 5.75 Å². The van der Waals surface area contributed by atoms with Crippen molar-refractivity contribution < 1.29 is 14.3 Å². The smallest absolute Gasteiger partial charge is 0.437 e. The molecule has 0 amide bonds. The lowest BCUT2D eigenvalue weighted by atomic mass is 9.95. The highest BCUT2D eigenvalue weighted by Crippen LogP contribution is 2.37. The molecule has 0 aliphatic carbocycles. The van der Waals surface area contributed by atoms with Crippen molar-refractivity contribution in [1.29, 1.82) is 0 Å². The Bertz CT molecular complexity index is 1040. The van der Waals surface area contributed by atoms with Gasteiger partial charge in [-0.05, 0) is 23.6 Å². The summed E-state index contributed by atoms with van der Waals surface area (Å²) in [5, 5.41) is 0. The van der Waals surface area contributed by atoms with Gasteiger partial charge in [-0.2, -0.15) is 0 Å². The standard InChI is InChI=1S/C21H17NO4/c1-25-21(24)26-18-13-17(14-7-3-2-4-8-14)20(23)22-12-11-15-9-5-6-10-16(15)19(18)22/h2-10,13H,11-12H2,1H3. The molecule has 0 spiro atoms. The van der Waals surface area contributed by atoms with Crippen molar-refractivity contribution >= 4 is 6.16 Å². The monoisotopic (exact) mass is 347 g/mol. The van der Waals surface area contributed by atoms with Gasteiger partial charge in [0, 0.05) is 12.1 Å². The number of aryl methyl sites for hydroxylation is 1. The van der Waals surface area contributed by atoms with Crippen LogP contribution in [0.4, 0.5) is 4.79 Å². The second-order valence-electron chi connectivity index (χ2n) is 6.06. The summed E-state index contributed by atoms with van der Waals surface area (Å²) < 4.78 is 11.8. The van der Waals surface area contributed by atoms with E-state index in [2.05, 4.69) is 4.74 Å². The highest BCUT2D eigenvalue weighted by Gasteiger charge is 2.25. The number of carbonyl (C=O) groups excluding carboxylic acids is 1. The van der Waals surface area contributed by atoms with Crippen LogP contribution < -0.4 is 10.3 Å². The fraction of sp³-hybridized carbons (Fsp3) is 0.143. The molecular weight excluding hydrogens is 330 g/mol. The van der Waals surface area contributed by atoms with Gasteiger partial charge in [0.1, 0.15) is 0 Å². The number of rotatable bonds is 2. The van der Waals surface area contributed by atoms with E-state index in [1.54, 1.807) is 10.6 Å². The zero-order valence-electron chi connectivity index (χ0n) is 14.3. The average Bonchev–Trinajstić information content (AvgIpc) is 2.70. The predicted octanol–water partition coefficient (Wildman–Crippen LogP) is 3.88. The van der Waals surface area contributed by atoms with Gasteiger partial charge in [0.05, 0.1) is 18.4 Å². The molecule has 1 aliphatic rings. The molecule has 2 heterocycles. The van der Waals surface area contributed by atoms with Crippen LogP contribution in [-0.4, -0.2) is 17.8 Å². The minimum atomic E-state index is -0.812. The number of aromatic nitrogens is 1. The molecule has 5 heteroatoms. The van der Waals surface area contributed by atoms with Crippen molar-refractivity contribution in [3.05, 3.63) is 76.6 Å². The molecule has 0 fully saturated rings. The van der Waals surface area contributed by atoms with Crippen LogP contribution in [0.5, 0.6) is 5.75 Å². The molecule has 0 atom stereocenters. The minimum Gasteiger partial charge on any atom is -0.437 e. The van der Waals surface area contributed by atoms with Gasteiger partial charge < -0.3 is 14.0 Å². The molecular formula is C21H17NO4. The van der Waals surface area contributed by atoms with Crippen LogP contribution in [0.25, 0.3) is 22.4 Å². The van der Waals surface area contributed by atoms with Crippen LogP contribution >= 0.6 is 0 Å². The summed E-state index contributed by atoms with van der Waals surface area (Å²) in [7, 11) is 1.26. The Balaban J connectivity index is 2.00. The van der Waals surface area contributed by atoms with Crippen molar-refractivity contribution in [2.75, 3.05) is 7.11 Å². The van der Waals surface area contributed by atoms with Gasteiger partial charge in [0.2, 0.25) is 0 Å². The molecule has 0 N–H and O–H groups in total. The third-order valence-corrected chi connectivity index (χ3v) is 4.58. The molecule has 1 aliphatic heterocycles. The van der Waals surface area contributed by atoms with Crippen molar-refractivity contribution in [3.63, 3.8) is 0 Å². The summed E-state index contributed by atoms with van der Waals surface area (Å²) in [6.07, 6.45) is -0.0626. The summed E-state index contributed by atoms with van der Waals surface area (Å²) in [5.41, 5.74) is 3.80. The first-order chi connectivity index (χ1) is 12.7. The van der Waals surface area contributed by atoms with Gasteiger partial charge in [-0.1, -0.05) is 54.6 Å². The third kappa shape index (κ3) is 2.67. The van der Waals surface area contributed by atoms with Crippen LogP contribution in [-0.2, 0) is 17.7 Å². The number of hydrogen-bond donors (Lipinski definition) is 0. The number of carbonyl (C=O) groups is 1. The van der Waals surface area contributed by atoms with E-state index in [0.29, 0.717) is 23.6 Å². The number of methoxy groups -OCH3 is 1. The first-order valence-electron chi connectivity index (χ1n) is 8.36. The maximum atomic E-state index is 13.1. The molecule has 0 saturated heterocycles. The Hall–Kier alpha value is -3.34. The van der Waals surface area contributed by atoms with Gasteiger partial charge in [-0.3, -0.25) is 4.79 Å². The zero-order chi connectivity index (χ0) is 18.1. The third-order valence-electron chi connectivity index (χ3n) is 4.58. The van der Waals surface area contributed by atoms with Gasteiger partial charge in [0.25, 0.3) is 5.56 Å². The van der Waals surface area contributed by atoms with Gasteiger partial charge in [-0.15, -0.1) is 0 Å². The van der Waals surface area contributed by atoms with Crippen LogP contribution in [0.15, 0.2) is 65.5 Å². The average molecular weight is 347 g/mol. The Morgan fingerprint density at radius 3 is 2.50 bits per heavy atom. The van der Waals surface area contributed by atoms with E-state index < -0.39 is 6.16 Å². The molecule has 0 radical (unpaired) electrons. The largest absolute Gasteiger partial charge is 0.513 e. The second-order valence-corrected chi connectivity index (χ2v) is 6.06. The predicted molar refractivity (Wildman–Crippen MR) is 98.3 cm³/mol. The van der Waals surface area contributed by atoms with Crippen LogP contribution in [0.2, 0.25) is 0 Å². The van der Waals surface area contributed by atoms with E-state index >= 15 is 0 Å². The summed E-state index contributed by atoms with van der Waals surface area (Å²) in [6, 6.07) is 18.8. The molecule has 4 rings (SSSR count). The molecule has 0 unspecified atom stereocenters. The zero-order valence-corrected chi connectivity index (χ0v) is 14.3. The van der Waals surface area contributed by atoms with Crippen molar-refractivity contribution in [1.82, 2.24) is 4.57 Å². The summed E-state index contributed by atoms with van der Waals surface area (Å²) in [4.78, 5) is 24.9. The quantitative estimate of drug-likeness (QED) is 0.660. The van der Waals surface area contributed by atoms with Crippen LogP contribution in [0.1, 0.15) is 5.56 Å². The Labute approximate surface area is 150 Å². The maximum absolute atomic E-state index is 13.1. The van der Waals surface area contributed by atoms with Crippen molar-refractivity contribution in [2.45, 2.75) is 13.0 Å². The van der Waals surface area contributed by atoms with Crippen LogP contribution in [0, 0.1) is 0 Å². The molecule has 5 nitrogen and oxygen atoms in total. The summed E-state index contributed by atoms with van der Waals surface area (Å²) >= 11 is 0. The highest BCUT2D eigenvalue weighted by atomic mass is 16.7. The van der Waals surface area contributed by atoms with E-state index in [4.69, 9.17) is 4.74 Å². The first-order valence-corrected chi connectivity index (χ1v) is 8.36. The number of ether oxygens (including phenoxy) is 2. The summed E-state index contributed by atoms with van der Waals surface area (Å²) in [5.74, 6) is 0.322. The molecule has 3 aromatic rings. The van der Waals surface area contributed by atoms with E-state index in [1.807, 2.05) is 54.6 Å². The van der Waals surface area contributed by atoms with E-state index in [-0.39, 0.29) is 5.56 Å². The van der Waals surface area contributed by atoms with Crippen LogP contribution in [0.3, 0.4) is 0 Å². The Morgan fingerprint density at radius 1 is 1.00 bits per heavy atom. The molecule has 26 heavy (non-hydrogen) atoms. The first kappa shape index (κ1) is 16.1. The van der Waals surface area contributed by atoms with E-state index in [0.717, 1.165) is 23.1 Å². The summed E-state index contributed by atoms with van der Waals surface area (Å²) in [6.45, 7) is 0.531. The van der Waals surface area contributed by atoms with E-state index in [1.165, 1.54) is 7.11 Å². The number of hydrogen-bond acceptors (Lipinski definition) is 4. The number of benzene rings is 2. The lowest BCUT2D eigenvalue weighted by Gasteiger charge is -2.24. The molecule has 1 aromatic heterocycles. The number of fused-ring (bicyclic) bond motifs is 3. The molecule has 0 saturated carbocycles. The highest BCUT2D eigenvalue weighted by molar-refractivity contribution is 5.78. The normalized spacial score (nSPS) is 12.0. The topological polar surface area (TPSA) is 57.5 Å². The Morgan fingerprint density at radius 2 is 1.73 bits per heavy atom. The van der Waals surface area contributed by atoms with Crippen molar-refractivity contribution in [2.24, 2.45) is 0 Å². The molecule has 130 valence electrons. The SMILES string of the molecule is COC(=O)Oc1cc(-c2ccccc2)c(=O)n2c1-c1ccccc1CC2. The van der Waals surface area contributed by atoms with Crippen molar-refractivity contribution in [3.8, 4) is 28.1 Å². The number of pyridine rings is 1. The van der Waals surface area contributed by atoms with Gasteiger partial charge >= 0.3 is 6.16 Å². The van der Waals surface area contributed by atoms with Gasteiger partial charge in [-0.25, -0.2) is 4.79 Å². The minimum absolute atomic E-state index is 0.0991. The number of nitrogens with zero attached hydrogens (tertiary/aromatic N) is 1. The second kappa shape index (κ2) is 6.52. The Kier molecular flexibility index (Phi) is 4.05. The lowest BCUT2D eigenvalue weighted by molar-refractivity contribution is 0.121. The van der Waals surface area contributed by atoms with E-state index in [9.17, 15) is 9.59 Å². The fourth-order valence-electron chi connectivity index (χ4n) is 3.37. The maximum Gasteiger partial charge on any atom is 0.513 e. The molecule has 2 aromatic carbocycles. The fourth-order valence-corrected chi connectivity index (χ4v) is 3.37. The molecule has 0 bridgehead atoms.